The molecule has 2 atom stereocenters. The number of benzene rings is 2. The van der Waals surface area contributed by atoms with Gasteiger partial charge in [0.15, 0.2) is 17.6 Å². The molecule has 3 rings (SSSR count). The zero-order valence-electron chi connectivity index (χ0n) is 18.5. The highest BCUT2D eigenvalue weighted by atomic mass is 79.9. The predicted octanol–water partition coefficient (Wildman–Crippen LogP) is 5.18. The lowest BCUT2D eigenvalue weighted by atomic mass is 10.1. The van der Waals surface area contributed by atoms with Crippen molar-refractivity contribution in [3.8, 4) is 11.5 Å². The Kier molecular flexibility index (Phi) is 7.91. The fourth-order valence-corrected chi connectivity index (χ4v) is 3.90. The van der Waals surface area contributed by atoms with Gasteiger partial charge in [0.1, 0.15) is 5.82 Å². The van der Waals surface area contributed by atoms with Crippen LogP contribution in [0.25, 0.3) is 10.9 Å². The van der Waals surface area contributed by atoms with E-state index >= 15 is 0 Å². The van der Waals surface area contributed by atoms with Crippen LogP contribution in [0.3, 0.4) is 0 Å². The molecule has 0 amide bonds. The van der Waals surface area contributed by atoms with Gasteiger partial charge in [-0.25, -0.2) is 9.78 Å². The molecular weight excluding hydrogens is 558 g/mol. The van der Waals surface area contributed by atoms with Crippen molar-refractivity contribution in [1.82, 2.24) is 9.66 Å². The molecule has 0 fully saturated rings. The summed E-state index contributed by atoms with van der Waals surface area (Å²) in [5.74, 6) is -0.0926. The van der Waals surface area contributed by atoms with Crippen LogP contribution in [0.4, 0.5) is 0 Å². The first kappa shape index (κ1) is 24.9. The van der Waals surface area contributed by atoms with Crippen LogP contribution < -0.4 is 15.0 Å². The van der Waals surface area contributed by atoms with Gasteiger partial charge in [-0.2, -0.15) is 9.78 Å². The van der Waals surface area contributed by atoms with Crippen LogP contribution in [0.15, 0.2) is 49.2 Å². The summed E-state index contributed by atoms with van der Waals surface area (Å²) >= 11 is 6.81. The minimum atomic E-state index is -1.12. The van der Waals surface area contributed by atoms with Crippen molar-refractivity contribution in [1.29, 1.82) is 0 Å². The Balaban J connectivity index is 2.21. The Morgan fingerprint density at radius 3 is 2.61 bits per heavy atom. The van der Waals surface area contributed by atoms with Crippen LogP contribution in [-0.2, 0) is 4.79 Å². The van der Waals surface area contributed by atoms with Gasteiger partial charge in [-0.3, -0.25) is 4.79 Å². The van der Waals surface area contributed by atoms with Crippen molar-refractivity contribution < 1.29 is 19.4 Å². The second-order valence-electron chi connectivity index (χ2n) is 7.43. The Morgan fingerprint density at radius 2 is 1.97 bits per heavy atom. The largest absolute Gasteiger partial charge is 0.493 e. The molecule has 0 aliphatic carbocycles. The molecule has 1 N–H and O–H groups in total. The molecule has 0 spiro atoms. The van der Waals surface area contributed by atoms with E-state index in [-0.39, 0.29) is 17.2 Å². The van der Waals surface area contributed by atoms with Gasteiger partial charge in [-0.05, 0) is 43.7 Å². The lowest BCUT2D eigenvalue weighted by Gasteiger charge is -2.17. The van der Waals surface area contributed by atoms with Crippen molar-refractivity contribution in [2.24, 2.45) is 5.10 Å². The fraction of sp³-hybridized carbons (Fsp3) is 0.304. The van der Waals surface area contributed by atoms with Crippen molar-refractivity contribution >= 4 is 54.9 Å². The second-order valence-corrected chi connectivity index (χ2v) is 9.26. The van der Waals surface area contributed by atoms with Crippen molar-refractivity contribution in [2.45, 2.75) is 39.2 Å². The van der Waals surface area contributed by atoms with E-state index in [9.17, 15) is 14.7 Å². The monoisotopic (exact) mass is 579 g/mol. The summed E-state index contributed by atoms with van der Waals surface area (Å²) in [6.45, 7) is 5.40. The average Bonchev–Trinajstić information content (AvgIpc) is 2.79. The van der Waals surface area contributed by atoms with Crippen LogP contribution in [0.5, 0.6) is 11.5 Å². The number of carboxylic acids is 1. The van der Waals surface area contributed by atoms with Gasteiger partial charge >= 0.3 is 5.97 Å². The zero-order chi connectivity index (χ0) is 24.3. The van der Waals surface area contributed by atoms with E-state index in [1.54, 1.807) is 24.3 Å². The maximum Gasteiger partial charge on any atom is 0.344 e. The minimum absolute atomic E-state index is 0.0253. The summed E-state index contributed by atoms with van der Waals surface area (Å²) < 4.78 is 13.7. The van der Waals surface area contributed by atoms with E-state index in [1.807, 2.05) is 19.9 Å². The van der Waals surface area contributed by atoms with Crippen molar-refractivity contribution in [3.05, 3.63) is 61.0 Å². The highest BCUT2D eigenvalue weighted by Crippen LogP contribution is 2.35. The summed E-state index contributed by atoms with van der Waals surface area (Å²) in [5, 5.41) is 14.2. The van der Waals surface area contributed by atoms with Gasteiger partial charge < -0.3 is 14.6 Å². The van der Waals surface area contributed by atoms with E-state index < -0.39 is 12.1 Å². The standard InChI is InChI=1S/C23H23Br2N3O5/c1-5-12(2)21-27-18-7-6-15(24)9-17(18)22(29)28(21)26-11-14-8-16(25)10-19(32-4)20(14)33-13(3)23(30)31/h6-13H,5H2,1-4H3,(H,30,31)/t12-,13+/m0/s1. The van der Waals surface area contributed by atoms with Crippen LogP contribution in [0.1, 0.15) is 44.5 Å². The number of aromatic nitrogens is 2. The van der Waals surface area contributed by atoms with Crippen LogP contribution in [-0.4, -0.2) is 40.2 Å². The SMILES string of the molecule is CC[C@H](C)c1nc2ccc(Br)cc2c(=O)n1N=Cc1cc(Br)cc(OC)c1O[C@H](C)C(=O)O. The quantitative estimate of drug-likeness (QED) is 0.368. The maximum atomic E-state index is 13.3. The van der Waals surface area contributed by atoms with Crippen LogP contribution in [0.2, 0.25) is 0 Å². The highest BCUT2D eigenvalue weighted by molar-refractivity contribution is 9.10. The summed E-state index contributed by atoms with van der Waals surface area (Å²) in [6, 6.07) is 8.70. The molecule has 0 saturated carbocycles. The number of fused-ring (bicyclic) bond motifs is 1. The molecule has 0 unspecified atom stereocenters. The molecular formula is C23H23Br2N3O5. The molecule has 0 bridgehead atoms. The van der Waals surface area contributed by atoms with Gasteiger partial charge in [0.2, 0.25) is 0 Å². The summed E-state index contributed by atoms with van der Waals surface area (Å²) in [5.41, 5.74) is 0.718. The van der Waals surface area contributed by atoms with Gasteiger partial charge in [0, 0.05) is 20.4 Å². The smallest absolute Gasteiger partial charge is 0.344 e. The highest BCUT2D eigenvalue weighted by Gasteiger charge is 2.20. The Bertz CT molecular complexity index is 1290. The Morgan fingerprint density at radius 1 is 1.24 bits per heavy atom. The first-order valence-electron chi connectivity index (χ1n) is 10.2. The zero-order valence-corrected chi connectivity index (χ0v) is 21.7. The summed E-state index contributed by atoms with van der Waals surface area (Å²) in [4.78, 5) is 29.4. The number of halogens is 2. The average molecular weight is 581 g/mol. The number of hydrogen-bond donors (Lipinski definition) is 1. The summed E-state index contributed by atoms with van der Waals surface area (Å²) in [6.07, 6.45) is 1.08. The lowest BCUT2D eigenvalue weighted by molar-refractivity contribution is -0.144. The number of rotatable bonds is 8. The molecule has 33 heavy (non-hydrogen) atoms. The molecule has 1 heterocycles. The van der Waals surface area contributed by atoms with Crippen molar-refractivity contribution in [2.75, 3.05) is 7.11 Å². The van der Waals surface area contributed by atoms with E-state index in [1.165, 1.54) is 24.9 Å². The van der Waals surface area contributed by atoms with Gasteiger partial charge in [-0.1, -0.05) is 45.7 Å². The number of carbonyl (C=O) groups is 1. The molecule has 0 saturated heterocycles. The number of methoxy groups -OCH3 is 1. The lowest BCUT2D eigenvalue weighted by Crippen LogP contribution is -2.24. The third-order valence-electron chi connectivity index (χ3n) is 5.11. The normalized spacial score (nSPS) is 13.3. The van der Waals surface area contributed by atoms with E-state index in [2.05, 4.69) is 37.0 Å². The topological polar surface area (TPSA) is 103 Å². The number of nitrogens with zero attached hydrogens (tertiary/aromatic N) is 3. The molecule has 10 heteroatoms. The van der Waals surface area contributed by atoms with E-state index in [4.69, 9.17) is 14.5 Å². The number of aliphatic carboxylic acids is 1. The second kappa shape index (κ2) is 10.5. The maximum absolute atomic E-state index is 13.3. The molecule has 174 valence electrons. The molecule has 2 aromatic carbocycles. The molecule has 0 aliphatic heterocycles. The first-order valence-corrected chi connectivity index (χ1v) is 11.8. The number of hydrogen-bond acceptors (Lipinski definition) is 6. The molecule has 3 aromatic rings. The van der Waals surface area contributed by atoms with Gasteiger partial charge in [0.25, 0.3) is 5.56 Å². The summed E-state index contributed by atoms with van der Waals surface area (Å²) in [7, 11) is 1.46. The number of ether oxygens (including phenoxy) is 2. The van der Waals surface area contributed by atoms with Crippen LogP contribution in [0, 0.1) is 0 Å². The Labute approximate surface area is 207 Å². The number of carboxylic acid groups (broad SMARTS) is 1. The van der Waals surface area contributed by atoms with Gasteiger partial charge in [0.05, 0.1) is 24.2 Å². The predicted molar refractivity (Wildman–Crippen MR) is 134 cm³/mol. The van der Waals surface area contributed by atoms with Crippen LogP contribution >= 0.6 is 31.9 Å². The van der Waals surface area contributed by atoms with Crippen molar-refractivity contribution in [3.63, 3.8) is 0 Å². The third-order valence-corrected chi connectivity index (χ3v) is 6.06. The fourth-order valence-electron chi connectivity index (χ4n) is 3.09. The van der Waals surface area contributed by atoms with Gasteiger partial charge in [-0.15, -0.1) is 0 Å². The molecule has 0 aliphatic rings. The van der Waals surface area contributed by atoms with E-state index in [0.29, 0.717) is 32.5 Å². The minimum Gasteiger partial charge on any atom is -0.493 e. The molecule has 8 nitrogen and oxygen atoms in total. The Hall–Kier alpha value is -2.72. The third kappa shape index (κ3) is 5.44. The molecule has 0 radical (unpaired) electrons. The van der Waals surface area contributed by atoms with E-state index in [0.717, 1.165) is 10.9 Å². The first-order chi connectivity index (χ1) is 15.7. The molecule has 1 aromatic heterocycles.